The maximum atomic E-state index is 6.02. The number of nitrogens with one attached hydrogen (secondary N) is 1. The van der Waals surface area contributed by atoms with Crippen LogP contribution in [0, 0.1) is 6.92 Å². The average Bonchev–Trinajstić information content (AvgIpc) is 2.40. The molecule has 0 aliphatic rings. The zero-order chi connectivity index (χ0) is 14.7. The van der Waals surface area contributed by atoms with Gasteiger partial charge in [0.2, 0.25) is 0 Å². The van der Waals surface area contributed by atoms with Crippen molar-refractivity contribution < 1.29 is 0 Å². The molecule has 0 fully saturated rings. The summed E-state index contributed by atoms with van der Waals surface area (Å²) in [6, 6.07) is 5.57. The minimum Gasteiger partial charge on any atom is -0.369 e. The molecule has 0 bridgehead atoms. The quantitative estimate of drug-likeness (QED) is 0.828. The molecular weight excluding hydrogens is 361 g/mol. The van der Waals surface area contributed by atoms with Crippen LogP contribution in [0.4, 0.5) is 5.82 Å². The van der Waals surface area contributed by atoms with E-state index in [0.29, 0.717) is 16.5 Å². The van der Waals surface area contributed by atoms with E-state index in [2.05, 4.69) is 31.2 Å². The first-order valence-electron chi connectivity index (χ1n) is 6.22. The van der Waals surface area contributed by atoms with Crippen molar-refractivity contribution in [3.63, 3.8) is 0 Å². The number of rotatable bonds is 4. The second-order valence-electron chi connectivity index (χ2n) is 4.34. The molecule has 1 aromatic carbocycles. The Kier molecular flexibility index (Phi) is 5.24. The van der Waals surface area contributed by atoms with Crippen LogP contribution in [0.2, 0.25) is 10.0 Å². The molecule has 0 atom stereocenters. The number of aryl methyl sites for hydroxylation is 1. The van der Waals surface area contributed by atoms with Crippen molar-refractivity contribution in [2.24, 2.45) is 0 Å². The van der Waals surface area contributed by atoms with Crippen molar-refractivity contribution in [2.75, 3.05) is 11.9 Å². The molecule has 106 valence electrons. The summed E-state index contributed by atoms with van der Waals surface area (Å²) < 4.78 is 0.900. The Bertz CT molecular complexity index is 632. The lowest BCUT2D eigenvalue weighted by Gasteiger charge is -2.10. The molecule has 0 aliphatic carbocycles. The number of anilines is 1. The van der Waals surface area contributed by atoms with Gasteiger partial charge in [-0.25, -0.2) is 9.97 Å². The molecule has 0 spiro atoms. The Hall–Kier alpha value is -0.840. The molecule has 1 N–H and O–H groups in total. The molecule has 0 unspecified atom stereocenters. The van der Waals surface area contributed by atoms with E-state index in [0.717, 1.165) is 33.9 Å². The van der Waals surface area contributed by atoms with Crippen LogP contribution in [0.3, 0.4) is 0 Å². The van der Waals surface area contributed by atoms with Crippen molar-refractivity contribution in [2.45, 2.75) is 20.3 Å². The largest absolute Gasteiger partial charge is 0.369 e. The molecule has 0 saturated heterocycles. The van der Waals surface area contributed by atoms with Crippen LogP contribution in [-0.4, -0.2) is 16.5 Å². The minimum absolute atomic E-state index is 0.546. The Morgan fingerprint density at radius 2 is 1.95 bits per heavy atom. The van der Waals surface area contributed by atoms with Gasteiger partial charge >= 0.3 is 0 Å². The number of hydrogen-bond donors (Lipinski definition) is 1. The standard InChI is InChI=1S/C14H14BrCl2N3/c1-3-18-14-13(15)8(2)19-12(20-14)7-9-4-5-10(16)11(17)6-9/h4-6H,3,7H2,1-2H3,(H,18,19,20). The lowest BCUT2D eigenvalue weighted by Crippen LogP contribution is -2.07. The Morgan fingerprint density at radius 1 is 1.20 bits per heavy atom. The molecule has 20 heavy (non-hydrogen) atoms. The fourth-order valence-electron chi connectivity index (χ4n) is 1.81. The summed E-state index contributed by atoms with van der Waals surface area (Å²) in [6.07, 6.45) is 0.614. The van der Waals surface area contributed by atoms with Gasteiger partial charge in [-0.1, -0.05) is 29.3 Å². The first-order chi connectivity index (χ1) is 9.51. The summed E-state index contributed by atoms with van der Waals surface area (Å²) in [5.74, 6) is 1.56. The fourth-order valence-corrected chi connectivity index (χ4v) is 2.45. The summed E-state index contributed by atoms with van der Waals surface area (Å²) in [4.78, 5) is 9.01. The summed E-state index contributed by atoms with van der Waals surface area (Å²) in [7, 11) is 0. The van der Waals surface area contributed by atoms with E-state index in [1.165, 1.54) is 0 Å². The van der Waals surface area contributed by atoms with Crippen LogP contribution in [0.25, 0.3) is 0 Å². The van der Waals surface area contributed by atoms with Crippen molar-refractivity contribution in [3.05, 3.63) is 49.8 Å². The van der Waals surface area contributed by atoms with Gasteiger partial charge in [0.1, 0.15) is 11.6 Å². The van der Waals surface area contributed by atoms with Crippen LogP contribution in [0.1, 0.15) is 24.0 Å². The molecule has 0 radical (unpaired) electrons. The zero-order valence-corrected chi connectivity index (χ0v) is 14.3. The molecule has 2 aromatic rings. The summed E-state index contributed by atoms with van der Waals surface area (Å²) >= 11 is 15.4. The molecule has 0 amide bonds. The molecule has 0 aliphatic heterocycles. The van der Waals surface area contributed by atoms with Crippen LogP contribution in [0.5, 0.6) is 0 Å². The van der Waals surface area contributed by atoms with Gasteiger partial charge in [0.15, 0.2) is 0 Å². The van der Waals surface area contributed by atoms with Gasteiger partial charge in [0.05, 0.1) is 20.2 Å². The Morgan fingerprint density at radius 3 is 2.60 bits per heavy atom. The molecule has 6 heteroatoms. The van der Waals surface area contributed by atoms with E-state index in [-0.39, 0.29) is 0 Å². The van der Waals surface area contributed by atoms with Gasteiger partial charge in [0, 0.05) is 13.0 Å². The van der Waals surface area contributed by atoms with E-state index >= 15 is 0 Å². The number of benzene rings is 1. The predicted molar refractivity (Wildman–Crippen MR) is 87.9 cm³/mol. The molecule has 0 saturated carbocycles. The van der Waals surface area contributed by atoms with Crippen LogP contribution in [-0.2, 0) is 6.42 Å². The second-order valence-corrected chi connectivity index (χ2v) is 5.95. The van der Waals surface area contributed by atoms with Crippen LogP contribution in [0.15, 0.2) is 22.7 Å². The third kappa shape index (κ3) is 3.62. The highest BCUT2D eigenvalue weighted by molar-refractivity contribution is 9.10. The number of aromatic nitrogens is 2. The van der Waals surface area contributed by atoms with Gasteiger partial charge in [0.25, 0.3) is 0 Å². The van der Waals surface area contributed by atoms with Gasteiger partial charge in [-0.05, 0) is 47.5 Å². The maximum Gasteiger partial charge on any atom is 0.144 e. The monoisotopic (exact) mass is 373 g/mol. The number of halogens is 3. The molecule has 1 aromatic heterocycles. The first kappa shape index (κ1) is 15.5. The lowest BCUT2D eigenvalue weighted by molar-refractivity contribution is 0.930. The highest BCUT2D eigenvalue weighted by atomic mass is 79.9. The molecular formula is C14H14BrCl2N3. The van der Waals surface area contributed by atoms with Gasteiger partial charge in [-0.2, -0.15) is 0 Å². The van der Waals surface area contributed by atoms with Crippen molar-refractivity contribution >= 4 is 44.9 Å². The van der Waals surface area contributed by atoms with E-state index in [1.807, 2.05) is 26.0 Å². The van der Waals surface area contributed by atoms with Gasteiger partial charge in [-0.15, -0.1) is 0 Å². The average molecular weight is 375 g/mol. The Balaban J connectivity index is 2.31. The topological polar surface area (TPSA) is 37.8 Å². The lowest BCUT2D eigenvalue weighted by atomic mass is 10.1. The highest BCUT2D eigenvalue weighted by Gasteiger charge is 2.10. The third-order valence-electron chi connectivity index (χ3n) is 2.75. The van der Waals surface area contributed by atoms with E-state index in [1.54, 1.807) is 6.07 Å². The van der Waals surface area contributed by atoms with Crippen LogP contribution >= 0.6 is 39.1 Å². The van der Waals surface area contributed by atoms with Gasteiger partial charge in [-0.3, -0.25) is 0 Å². The number of nitrogens with zero attached hydrogens (tertiary/aromatic N) is 2. The SMILES string of the molecule is CCNc1nc(Cc2ccc(Cl)c(Cl)c2)nc(C)c1Br. The highest BCUT2D eigenvalue weighted by Crippen LogP contribution is 2.26. The zero-order valence-electron chi connectivity index (χ0n) is 11.2. The normalized spacial score (nSPS) is 10.7. The maximum absolute atomic E-state index is 6.02. The third-order valence-corrected chi connectivity index (χ3v) is 4.44. The Labute approximate surface area is 136 Å². The summed E-state index contributed by atoms with van der Waals surface area (Å²) in [5.41, 5.74) is 1.94. The summed E-state index contributed by atoms with van der Waals surface area (Å²) in [5, 5.41) is 4.32. The van der Waals surface area contributed by atoms with Crippen LogP contribution < -0.4 is 5.32 Å². The molecule has 3 nitrogen and oxygen atoms in total. The molecule has 1 heterocycles. The fraction of sp³-hybridized carbons (Fsp3) is 0.286. The first-order valence-corrected chi connectivity index (χ1v) is 7.77. The summed E-state index contributed by atoms with van der Waals surface area (Å²) in [6.45, 7) is 4.79. The number of hydrogen-bond acceptors (Lipinski definition) is 3. The minimum atomic E-state index is 0.546. The van der Waals surface area contributed by atoms with Crippen molar-refractivity contribution in [3.8, 4) is 0 Å². The van der Waals surface area contributed by atoms with Crippen molar-refractivity contribution in [1.29, 1.82) is 0 Å². The molecule has 2 rings (SSSR count). The predicted octanol–water partition coefficient (Wildman–Crippen LogP) is 4.88. The van der Waals surface area contributed by atoms with E-state index in [4.69, 9.17) is 23.2 Å². The van der Waals surface area contributed by atoms with E-state index in [9.17, 15) is 0 Å². The van der Waals surface area contributed by atoms with Crippen molar-refractivity contribution in [1.82, 2.24) is 9.97 Å². The van der Waals surface area contributed by atoms with Gasteiger partial charge < -0.3 is 5.32 Å². The van der Waals surface area contributed by atoms with E-state index < -0.39 is 0 Å². The second kappa shape index (κ2) is 6.74. The smallest absolute Gasteiger partial charge is 0.144 e.